The summed E-state index contributed by atoms with van der Waals surface area (Å²) in [7, 11) is 0. The van der Waals surface area contributed by atoms with Crippen LogP contribution < -0.4 is 11.5 Å². The summed E-state index contributed by atoms with van der Waals surface area (Å²) in [6.45, 7) is 1.71. The van der Waals surface area contributed by atoms with Crippen molar-refractivity contribution in [1.82, 2.24) is 0 Å². The van der Waals surface area contributed by atoms with Gasteiger partial charge in [0, 0.05) is 17.3 Å². The predicted octanol–water partition coefficient (Wildman–Crippen LogP) is 1.21. The Morgan fingerprint density at radius 2 is 2.14 bits per heavy atom. The molecule has 4 heteroatoms. The van der Waals surface area contributed by atoms with Gasteiger partial charge in [0.15, 0.2) is 0 Å². The van der Waals surface area contributed by atoms with Crippen molar-refractivity contribution in [3.05, 3.63) is 35.2 Å². The molecule has 0 radical (unpaired) electrons. The standard InChI is InChI=1S/C10H11FN2O/c1-6-4-8(11)7(5-9(6)12)2-3-10(13)14/h2-5H,12H2,1H3,(H2,13,14). The molecule has 0 saturated carbocycles. The average molecular weight is 194 g/mol. The van der Waals surface area contributed by atoms with Gasteiger partial charge in [-0.1, -0.05) is 0 Å². The first-order chi connectivity index (χ1) is 6.50. The molecule has 0 aliphatic carbocycles. The topological polar surface area (TPSA) is 69.1 Å². The summed E-state index contributed by atoms with van der Waals surface area (Å²) >= 11 is 0. The van der Waals surface area contributed by atoms with Crippen LogP contribution in [0.4, 0.5) is 10.1 Å². The molecule has 0 heterocycles. The first-order valence-corrected chi connectivity index (χ1v) is 4.04. The highest BCUT2D eigenvalue weighted by Gasteiger charge is 2.02. The van der Waals surface area contributed by atoms with E-state index in [4.69, 9.17) is 11.5 Å². The molecule has 0 aliphatic heterocycles. The molecule has 0 bridgehead atoms. The molecule has 0 saturated heterocycles. The van der Waals surface area contributed by atoms with Crippen LogP contribution in [0, 0.1) is 12.7 Å². The lowest BCUT2D eigenvalue weighted by molar-refractivity contribution is -0.113. The molecule has 0 aromatic heterocycles. The summed E-state index contributed by atoms with van der Waals surface area (Å²) in [5.74, 6) is -1.04. The summed E-state index contributed by atoms with van der Waals surface area (Å²) in [5.41, 5.74) is 11.9. The Hall–Kier alpha value is -1.84. The Kier molecular flexibility index (Phi) is 2.86. The van der Waals surface area contributed by atoms with Gasteiger partial charge in [-0.3, -0.25) is 4.79 Å². The van der Waals surface area contributed by atoms with Gasteiger partial charge in [0.1, 0.15) is 5.82 Å². The molecule has 74 valence electrons. The molecule has 1 aromatic rings. The molecule has 0 aliphatic rings. The van der Waals surface area contributed by atoms with Gasteiger partial charge >= 0.3 is 0 Å². The van der Waals surface area contributed by atoms with Crippen molar-refractivity contribution in [1.29, 1.82) is 0 Å². The van der Waals surface area contributed by atoms with Gasteiger partial charge in [-0.15, -0.1) is 0 Å². The number of nitrogen functional groups attached to an aromatic ring is 1. The fourth-order valence-corrected chi connectivity index (χ4v) is 1.01. The summed E-state index contributed by atoms with van der Waals surface area (Å²) in [6.07, 6.45) is 2.39. The fraction of sp³-hybridized carbons (Fsp3) is 0.100. The highest BCUT2D eigenvalue weighted by atomic mass is 19.1. The number of aryl methyl sites for hydroxylation is 1. The smallest absolute Gasteiger partial charge is 0.241 e. The number of hydrogen-bond acceptors (Lipinski definition) is 2. The Labute approximate surface area is 81.2 Å². The van der Waals surface area contributed by atoms with Crippen molar-refractivity contribution in [2.24, 2.45) is 5.73 Å². The van der Waals surface area contributed by atoms with Gasteiger partial charge in [-0.2, -0.15) is 0 Å². The quantitative estimate of drug-likeness (QED) is 0.549. The molecular formula is C10H11FN2O. The van der Waals surface area contributed by atoms with E-state index in [1.165, 1.54) is 18.2 Å². The molecule has 14 heavy (non-hydrogen) atoms. The van der Waals surface area contributed by atoms with E-state index < -0.39 is 11.7 Å². The average Bonchev–Trinajstić information content (AvgIpc) is 2.09. The molecule has 1 aromatic carbocycles. The number of carbonyl (C=O) groups excluding carboxylic acids is 1. The van der Waals surface area contributed by atoms with Gasteiger partial charge in [0.05, 0.1) is 0 Å². The monoisotopic (exact) mass is 194 g/mol. The Morgan fingerprint density at radius 1 is 1.50 bits per heavy atom. The van der Waals surface area contributed by atoms with Crippen molar-refractivity contribution in [3.63, 3.8) is 0 Å². The van der Waals surface area contributed by atoms with E-state index in [1.807, 2.05) is 0 Å². The lowest BCUT2D eigenvalue weighted by Crippen LogP contribution is -2.05. The zero-order chi connectivity index (χ0) is 10.7. The molecular weight excluding hydrogens is 183 g/mol. The van der Waals surface area contributed by atoms with Crippen LogP contribution in [0.5, 0.6) is 0 Å². The minimum absolute atomic E-state index is 0.256. The van der Waals surface area contributed by atoms with E-state index in [1.54, 1.807) is 6.92 Å². The minimum Gasteiger partial charge on any atom is -0.398 e. The Morgan fingerprint density at radius 3 is 2.71 bits per heavy atom. The molecule has 4 N–H and O–H groups in total. The maximum atomic E-state index is 13.2. The molecule has 0 fully saturated rings. The fourth-order valence-electron chi connectivity index (χ4n) is 1.01. The van der Waals surface area contributed by atoms with E-state index in [9.17, 15) is 9.18 Å². The molecule has 0 unspecified atom stereocenters. The summed E-state index contributed by atoms with van der Waals surface area (Å²) in [5, 5.41) is 0. The zero-order valence-corrected chi connectivity index (χ0v) is 7.75. The van der Waals surface area contributed by atoms with Crippen molar-refractivity contribution in [2.45, 2.75) is 6.92 Å². The maximum absolute atomic E-state index is 13.2. The molecule has 1 amide bonds. The number of amides is 1. The van der Waals surface area contributed by atoms with Crippen molar-refractivity contribution in [2.75, 3.05) is 5.73 Å². The van der Waals surface area contributed by atoms with Gasteiger partial charge in [0.25, 0.3) is 0 Å². The lowest BCUT2D eigenvalue weighted by Gasteiger charge is -2.02. The number of halogens is 1. The largest absolute Gasteiger partial charge is 0.398 e. The predicted molar refractivity (Wildman–Crippen MR) is 53.8 cm³/mol. The highest BCUT2D eigenvalue weighted by Crippen LogP contribution is 2.18. The Balaban J connectivity index is 3.10. The van der Waals surface area contributed by atoms with Crippen LogP contribution in [0.2, 0.25) is 0 Å². The molecule has 0 spiro atoms. The van der Waals surface area contributed by atoms with Gasteiger partial charge < -0.3 is 11.5 Å². The Bertz CT molecular complexity index is 399. The number of primary amides is 1. The normalized spacial score (nSPS) is 10.7. The minimum atomic E-state index is -0.622. The van der Waals surface area contributed by atoms with Crippen LogP contribution in [0.1, 0.15) is 11.1 Å². The number of anilines is 1. The van der Waals surface area contributed by atoms with E-state index >= 15 is 0 Å². The van der Waals surface area contributed by atoms with Crippen LogP contribution in [-0.4, -0.2) is 5.91 Å². The maximum Gasteiger partial charge on any atom is 0.241 e. The molecule has 3 nitrogen and oxygen atoms in total. The summed E-state index contributed by atoms with van der Waals surface area (Å²) in [4.78, 5) is 10.4. The van der Waals surface area contributed by atoms with E-state index in [-0.39, 0.29) is 5.56 Å². The van der Waals surface area contributed by atoms with Crippen LogP contribution in [0.25, 0.3) is 6.08 Å². The van der Waals surface area contributed by atoms with Crippen molar-refractivity contribution >= 4 is 17.7 Å². The second-order valence-corrected chi connectivity index (χ2v) is 2.97. The second-order valence-electron chi connectivity index (χ2n) is 2.97. The summed E-state index contributed by atoms with van der Waals surface area (Å²) in [6, 6.07) is 2.78. The molecule has 1 rings (SSSR count). The number of rotatable bonds is 2. The van der Waals surface area contributed by atoms with E-state index in [0.29, 0.717) is 11.3 Å². The summed E-state index contributed by atoms with van der Waals surface area (Å²) < 4.78 is 13.2. The van der Waals surface area contributed by atoms with Gasteiger partial charge in [-0.05, 0) is 30.7 Å². The van der Waals surface area contributed by atoms with Gasteiger partial charge in [0.2, 0.25) is 5.91 Å². The first-order valence-electron chi connectivity index (χ1n) is 4.04. The van der Waals surface area contributed by atoms with Crippen LogP contribution in [-0.2, 0) is 4.79 Å². The van der Waals surface area contributed by atoms with Crippen molar-refractivity contribution < 1.29 is 9.18 Å². The number of hydrogen-bond donors (Lipinski definition) is 2. The number of nitrogens with two attached hydrogens (primary N) is 2. The third-order valence-electron chi connectivity index (χ3n) is 1.81. The van der Waals surface area contributed by atoms with Crippen molar-refractivity contribution in [3.8, 4) is 0 Å². The van der Waals surface area contributed by atoms with Crippen LogP contribution >= 0.6 is 0 Å². The number of benzene rings is 1. The first kappa shape index (κ1) is 10.2. The molecule has 0 atom stereocenters. The van der Waals surface area contributed by atoms with E-state index in [2.05, 4.69) is 0 Å². The van der Waals surface area contributed by atoms with Gasteiger partial charge in [-0.25, -0.2) is 4.39 Å². The zero-order valence-electron chi connectivity index (χ0n) is 7.75. The lowest BCUT2D eigenvalue weighted by atomic mass is 10.1. The second kappa shape index (κ2) is 3.91. The van der Waals surface area contributed by atoms with E-state index in [0.717, 1.165) is 6.08 Å². The third kappa shape index (κ3) is 2.32. The van der Waals surface area contributed by atoms with Crippen LogP contribution in [0.3, 0.4) is 0 Å². The third-order valence-corrected chi connectivity index (χ3v) is 1.81. The van der Waals surface area contributed by atoms with Crippen LogP contribution in [0.15, 0.2) is 18.2 Å². The highest BCUT2D eigenvalue weighted by molar-refractivity contribution is 5.90. The number of carbonyl (C=O) groups is 1. The SMILES string of the molecule is Cc1cc(F)c(C=CC(N)=O)cc1N.